The third-order valence-corrected chi connectivity index (χ3v) is 2.22. The van der Waals surface area contributed by atoms with E-state index in [4.69, 9.17) is 0 Å². The number of nitrogens with one attached hydrogen (secondary N) is 1. The molecule has 0 spiro atoms. The molecular weight excluding hydrogens is 198 g/mol. The van der Waals surface area contributed by atoms with Gasteiger partial charge in [0.05, 0.1) is 0 Å². The van der Waals surface area contributed by atoms with Gasteiger partial charge in [0.2, 0.25) is 0 Å². The Labute approximate surface area is 94.9 Å². The molecule has 0 saturated carbocycles. The zero-order valence-corrected chi connectivity index (χ0v) is 8.81. The van der Waals surface area contributed by atoms with E-state index in [0.717, 1.165) is 11.3 Å². The summed E-state index contributed by atoms with van der Waals surface area (Å²) < 4.78 is 0. The molecule has 0 aliphatic carbocycles. The van der Waals surface area contributed by atoms with Crippen LogP contribution in [0.1, 0.15) is 15.9 Å². The Hall–Kier alpha value is -2.09. The van der Waals surface area contributed by atoms with Gasteiger partial charge in [-0.25, -0.2) is 0 Å². The molecule has 1 radical (unpaired) electrons. The number of carbonyl (C=O) groups excluding carboxylic acids is 1. The van der Waals surface area contributed by atoms with Crippen LogP contribution in [0, 0.1) is 6.92 Å². The SMILES string of the molecule is [CH2]c1cccc(C(=O)Nc2ccccc2)c1. The summed E-state index contributed by atoms with van der Waals surface area (Å²) in [5, 5.41) is 2.82. The van der Waals surface area contributed by atoms with Crippen molar-refractivity contribution in [3.63, 3.8) is 0 Å². The van der Waals surface area contributed by atoms with Crippen molar-refractivity contribution in [2.45, 2.75) is 0 Å². The van der Waals surface area contributed by atoms with Crippen LogP contribution < -0.4 is 5.32 Å². The number of hydrogen-bond acceptors (Lipinski definition) is 1. The molecular formula is C14H12NO. The third kappa shape index (κ3) is 2.48. The second-order valence-electron chi connectivity index (χ2n) is 3.52. The molecule has 2 aromatic rings. The largest absolute Gasteiger partial charge is 0.322 e. The van der Waals surface area contributed by atoms with Crippen molar-refractivity contribution < 1.29 is 4.79 Å². The zero-order chi connectivity index (χ0) is 11.4. The van der Waals surface area contributed by atoms with E-state index in [1.54, 1.807) is 12.1 Å². The summed E-state index contributed by atoms with van der Waals surface area (Å²) >= 11 is 0. The number of amides is 1. The Morgan fingerprint density at radius 1 is 1.00 bits per heavy atom. The fourth-order valence-electron chi connectivity index (χ4n) is 1.44. The first kappa shape index (κ1) is 10.4. The predicted octanol–water partition coefficient (Wildman–Crippen LogP) is 3.12. The van der Waals surface area contributed by atoms with Gasteiger partial charge >= 0.3 is 0 Å². The maximum Gasteiger partial charge on any atom is 0.255 e. The number of rotatable bonds is 2. The van der Waals surface area contributed by atoms with E-state index in [-0.39, 0.29) is 5.91 Å². The number of benzene rings is 2. The van der Waals surface area contributed by atoms with Crippen molar-refractivity contribution >= 4 is 11.6 Å². The van der Waals surface area contributed by atoms with E-state index >= 15 is 0 Å². The molecule has 2 rings (SSSR count). The van der Waals surface area contributed by atoms with Gasteiger partial charge in [0.25, 0.3) is 5.91 Å². The monoisotopic (exact) mass is 210 g/mol. The predicted molar refractivity (Wildman–Crippen MR) is 65.3 cm³/mol. The molecule has 1 N–H and O–H groups in total. The van der Waals surface area contributed by atoms with Crippen LogP contribution in [0.25, 0.3) is 0 Å². The Morgan fingerprint density at radius 2 is 1.75 bits per heavy atom. The molecule has 2 heteroatoms. The van der Waals surface area contributed by atoms with Gasteiger partial charge in [0, 0.05) is 11.3 Å². The van der Waals surface area contributed by atoms with E-state index < -0.39 is 0 Å². The van der Waals surface area contributed by atoms with Gasteiger partial charge in [-0.3, -0.25) is 4.79 Å². The van der Waals surface area contributed by atoms with Crippen molar-refractivity contribution in [3.05, 3.63) is 72.6 Å². The average Bonchev–Trinajstić information content (AvgIpc) is 2.30. The lowest BCUT2D eigenvalue weighted by atomic mass is 10.1. The summed E-state index contributed by atoms with van der Waals surface area (Å²) in [5.74, 6) is -0.114. The Bertz CT molecular complexity index is 491. The van der Waals surface area contributed by atoms with E-state index in [1.807, 2.05) is 42.5 Å². The van der Waals surface area contributed by atoms with Crippen LogP contribution in [0.2, 0.25) is 0 Å². The zero-order valence-electron chi connectivity index (χ0n) is 8.81. The third-order valence-electron chi connectivity index (χ3n) is 2.22. The first-order valence-corrected chi connectivity index (χ1v) is 5.04. The molecule has 0 aromatic heterocycles. The minimum atomic E-state index is -0.114. The normalized spacial score (nSPS) is 9.81. The fourth-order valence-corrected chi connectivity index (χ4v) is 1.44. The molecule has 1 amide bonds. The van der Waals surface area contributed by atoms with Crippen LogP contribution >= 0.6 is 0 Å². The fraction of sp³-hybridized carbons (Fsp3) is 0. The van der Waals surface area contributed by atoms with Crippen LogP contribution in [0.15, 0.2) is 54.6 Å². The van der Waals surface area contributed by atoms with Crippen molar-refractivity contribution in [1.82, 2.24) is 0 Å². The highest BCUT2D eigenvalue weighted by Crippen LogP contribution is 2.09. The minimum Gasteiger partial charge on any atom is -0.322 e. The average molecular weight is 210 g/mol. The first-order chi connectivity index (χ1) is 7.75. The second-order valence-corrected chi connectivity index (χ2v) is 3.52. The van der Waals surface area contributed by atoms with Crippen LogP contribution in [0.4, 0.5) is 5.69 Å². The summed E-state index contributed by atoms with van der Waals surface area (Å²) in [4.78, 5) is 11.8. The van der Waals surface area contributed by atoms with Gasteiger partial charge in [0.15, 0.2) is 0 Å². The first-order valence-electron chi connectivity index (χ1n) is 5.04. The lowest BCUT2D eigenvalue weighted by molar-refractivity contribution is 0.102. The molecule has 0 aliphatic rings. The molecule has 0 heterocycles. The lowest BCUT2D eigenvalue weighted by Gasteiger charge is -2.05. The summed E-state index contributed by atoms with van der Waals surface area (Å²) in [6, 6.07) is 16.6. The topological polar surface area (TPSA) is 29.1 Å². The quantitative estimate of drug-likeness (QED) is 0.810. The van der Waals surface area contributed by atoms with Gasteiger partial charge in [-0.2, -0.15) is 0 Å². The minimum absolute atomic E-state index is 0.114. The summed E-state index contributed by atoms with van der Waals surface area (Å²) in [6.07, 6.45) is 0. The van der Waals surface area contributed by atoms with Crippen molar-refractivity contribution in [3.8, 4) is 0 Å². The van der Waals surface area contributed by atoms with Gasteiger partial charge in [0.1, 0.15) is 0 Å². The summed E-state index contributed by atoms with van der Waals surface area (Å²) in [5.41, 5.74) is 2.25. The highest BCUT2D eigenvalue weighted by molar-refractivity contribution is 6.04. The molecule has 0 aliphatic heterocycles. The molecule has 79 valence electrons. The number of para-hydroxylation sites is 1. The Balaban J connectivity index is 2.15. The van der Waals surface area contributed by atoms with Gasteiger partial charge in [-0.1, -0.05) is 30.3 Å². The van der Waals surface area contributed by atoms with Crippen molar-refractivity contribution in [1.29, 1.82) is 0 Å². The molecule has 2 nitrogen and oxygen atoms in total. The highest BCUT2D eigenvalue weighted by Gasteiger charge is 2.04. The molecule has 0 atom stereocenters. The molecule has 16 heavy (non-hydrogen) atoms. The van der Waals surface area contributed by atoms with Crippen LogP contribution in [0.5, 0.6) is 0 Å². The van der Waals surface area contributed by atoms with Crippen LogP contribution in [-0.4, -0.2) is 5.91 Å². The van der Waals surface area contributed by atoms with E-state index in [9.17, 15) is 4.79 Å². The van der Waals surface area contributed by atoms with E-state index in [1.165, 1.54) is 0 Å². The second kappa shape index (κ2) is 4.62. The number of carbonyl (C=O) groups is 1. The van der Waals surface area contributed by atoms with Gasteiger partial charge < -0.3 is 5.32 Å². The van der Waals surface area contributed by atoms with Crippen molar-refractivity contribution in [2.24, 2.45) is 0 Å². The smallest absolute Gasteiger partial charge is 0.255 e. The van der Waals surface area contributed by atoms with Crippen LogP contribution in [0.3, 0.4) is 0 Å². The highest BCUT2D eigenvalue weighted by atomic mass is 16.1. The summed E-state index contributed by atoms with van der Waals surface area (Å²) in [7, 11) is 0. The lowest BCUT2D eigenvalue weighted by Crippen LogP contribution is -2.11. The Morgan fingerprint density at radius 3 is 2.44 bits per heavy atom. The van der Waals surface area contributed by atoms with Gasteiger partial charge in [-0.15, -0.1) is 0 Å². The molecule has 0 saturated heterocycles. The van der Waals surface area contributed by atoms with Crippen molar-refractivity contribution in [2.75, 3.05) is 5.32 Å². The van der Waals surface area contributed by atoms with E-state index in [2.05, 4.69) is 12.2 Å². The van der Waals surface area contributed by atoms with Crippen LogP contribution in [-0.2, 0) is 0 Å². The molecule has 2 aromatic carbocycles. The van der Waals surface area contributed by atoms with Gasteiger partial charge in [-0.05, 0) is 36.8 Å². The maximum atomic E-state index is 11.8. The number of hydrogen-bond donors (Lipinski definition) is 1. The molecule has 0 bridgehead atoms. The standard InChI is InChI=1S/C14H12NO/c1-11-6-5-7-12(10-11)14(16)15-13-8-3-2-4-9-13/h2-10H,1H2,(H,15,16). The summed E-state index contributed by atoms with van der Waals surface area (Å²) in [6.45, 7) is 3.79. The number of anilines is 1. The maximum absolute atomic E-state index is 11.8. The Kier molecular flexibility index (Phi) is 3.01. The van der Waals surface area contributed by atoms with E-state index in [0.29, 0.717) is 5.56 Å². The molecule has 0 unspecified atom stereocenters. The molecule has 0 fully saturated rings.